The molecule has 0 atom stereocenters. The molecule has 2 rings (SSSR count). The molecule has 0 saturated heterocycles. The van der Waals surface area contributed by atoms with Crippen molar-refractivity contribution in [1.29, 1.82) is 0 Å². The second-order valence-electron chi connectivity index (χ2n) is 6.19. The highest BCUT2D eigenvalue weighted by molar-refractivity contribution is 9.10. The molecule has 0 spiro atoms. The average molecular weight is 412 g/mol. The van der Waals surface area contributed by atoms with Crippen molar-refractivity contribution < 1.29 is 13.2 Å². The van der Waals surface area contributed by atoms with Gasteiger partial charge in [0.1, 0.15) is 0 Å². The Morgan fingerprint density at radius 2 is 1.75 bits per heavy atom. The van der Waals surface area contributed by atoms with Crippen LogP contribution in [0.3, 0.4) is 0 Å². The van der Waals surface area contributed by atoms with E-state index in [1.807, 2.05) is 0 Å². The molecule has 1 heterocycles. The normalized spacial score (nSPS) is 12.0. The molecule has 2 N–H and O–H groups in total. The maximum Gasteiger partial charge on any atom is 0.256 e. The summed E-state index contributed by atoms with van der Waals surface area (Å²) >= 11 is 3.28. The number of aromatic nitrogens is 1. The Hall–Kier alpha value is -1.77. The summed E-state index contributed by atoms with van der Waals surface area (Å²) in [5.41, 5.74) is 0.178. The molecule has 0 aliphatic rings. The Morgan fingerprint density at radius 3 is 2.33 bits per heavy atom. The number of carbonyl (C=O) groups is 1. The van der Waals surface area contributed by atoms with Gasteiger partial charge in [-0.15, -0.1) is 0 Å². The molecule has 0 aliphatic heterocycles. The molecule has 0 unspecified atom stereocenters. The van der Waals surface area contributed by atoms with E-state index in [9.17, 15) is 13.2 Å². The quantitative estimate of drug-likeness (QED) is 0.808. The van der Waals surface area contributed by atoms with Gasteiger partial charge in [0.2, 0.25) is 10.0 Å². The average Bonchev–Trinajstić information content (AvgIpc) is 2.46. The van der Waals surface area contributed by atoms with Crippen molar-refractivity contribution in [3.8, 4) is 0 Å². The van der Waals surface area contributed by atoms with Gasteiger partial charge in [-0.1, -0.05) is 0 Å². The van der Waals surface area contributed by atoms with Crippen LogP contribution in [0.25, 0.3) is 0 Å². The standard InChI is InChI=1S/C16H18BrN3O3S/c1-16(2,3)20-24(22,23)12-4-5-14(17)13(10-12)15(21)19-11-6-8-18-9-7-11/h4-10,20H,1-3H3,(H,18,19,21). The molecular weight excluding hydrogens is 394 g/mol. The zero-order chi connectivity index (χ0) is 18.0. The molecule has 128 valence electrons. The molecular formula is C16H18BrN3O3S. The summed E-state index contributed by atoms with van der Waals surface area (Å²) in [5.74, 6) is -0.416. The molecule has 2 aromatic rings. The number of rotatable bonds is 4. The van der Waals surface area contributed by atoms with Gasteiger partial charge in [0.25, 0.3) is 5.91 Å². The first-order valence-electron chi connectivity index (χ1n) is 7.13. The first kappa shape index (κ1) is 18.6. The van der Waals surface area contributed by atoms with E-state index in [4.69, 9.17) is 0 Å². The Morgan fingerprint density at radius 1 is 1.12 bits per heavy atom. The lowest BCUT2D eigenvalue weighted by molar-refractivity contribution is 0.102. The molecule has 1 amide bonds. The zero-order valence-electron chi connectivity index (χ0n) is 13.5. The third kappa shape index (κ3) is 4.86. The van der Waals surface area contributed by atoms with Gasteiger partial charge >= 0.3 is 0 Å². The van der Waals surface area contributed by atoms with E-state index in [1.54, 1.807) is 51.4 Å². The number of sulfonamides is 1. The van der Waals surface area contributed by atoms with Crippen LogP contribution in [0, 0.1) is 0 Å². The largest absolute Gasteiger partial charge is 0.322 e. The van der Waals surface area contributed by atoms with Crippen LogP contribution in [-0.4, -0.2) is 24.8 Å². The minimum absolute atomic E-state index is 0.0282. The fraction of sp³-hybridized carbons (Fsp3) is 0.250. The lowest BCUT2D eigenvalue weighted by atomic mass is 10.1. The molecule has 1 aromatic heterocycles. The number of carbonyl (C=O) groups excluding carboxylic acids is 1. The first-order valence-corrected chi connectivity index (χ1v) is 9.41. The molecule has 0 bridgehead atoms. The van der Waals surface area contributed by atoms with Crippen LogP contribution >= 0.6 is 15.9 Å². The first-order chi connectivity index (χ1) is 11.1. The van der Waals surface area contributed by atoms with Crippen LogP contribution in [0.5, 0.6) is 0 Å². The fourth-order valence-electron chi connectivity index (χ4n) is 1.94. The van der Waals surface area contributed by atoms with E-state index < -0.39 is 21.5 Å². The van der Waals surface area contributed by atoms with E-state index in [-0.39, 0.29) is 10.5 Å². The summed E-state index contributed by atoms with van der Waals surface area (Å²) in [6, 6.07) is 7.62. The van der Waals surface area contributed by atoms with Crippen molar-refractivity contribution in [1.82, 2.24) is 9.71 Å². The van der Waals surface area contributed by atoms with Crippen molar-refractivity contribution in [2.45, 2.75) is 31.2 Å². The number of halogens is 1. The van der Waals surface area contributed by atoms with Gasteiger partial charge in [-0.25, -0.2) is 13.1 Å². The topological polar surface area (TPSA) is 88.2 Å². The summed E-state index contributed by atoms with van der Waals surface area (Å²) < 4.78 is 27.9. The Balaban J connectivity index is 2.34. The van der Waals surface area contributed by atoms with Crippen molar-refractivity contribution in [3.05, 3.63) is 52.8 Å². The smallest absolute Gasteiger partial charge is 0.256 e. The summed E-state index contributed by atoms with van der Waals surface area (Å²) in [7, 11) is -3.72. The number of benzene rings is 1. The van der Waals surface area contributed by atoms with Crippen LogP contribution in [0.4, 0.5) is 5.69 Å². The minimum atomic E-state index is -3.72. The third-order valence-corrected chi connectivity index (χ3v) is 5.32. The number of hydrogen-bond donors (Lipinski definition) is 2. The highest BCUT2D eigenvalue weighted by Gasteiger charge is 2.23. The molecule has 24 heavy (non-hydrogen) atoms. The predicted molar refractivity (Wildman–Crippen MR) is 96.4 cm³/mol. The molecule has 6 nitrogen and oxygen atoms in total. The van der Waals surface area contributed by atoms with Crippen molar-refractivity contribution in [2.75, 3.05) is 5.32 Å². The Labute approximate surface area is 149 Å². The summed E-state index contributed by atoms with van der Waals surface area (Å²) in [5, 5.41) is 2.70. The Kier molecular flexibility index (Phi) is 5.42. The maximum atomic E-state index is 12.4. The van der Waals surface area contributed by atoms with Crippen molar-refractivity contribution in [3.63, 3.8) is 0 Å². The van der Waals surface area contributed by atoms with Gasteiger partial charge in [-0.05, 0) is 67.0 Å². The zero-order valence-corrected chi connectivity index (χ0v) is 15.9. The second-order valence-corrected chi connectivity index (χ2v) is 8.72. The van der Waals surface area contributed by atoms with E-state index in [0.717, 1.165) is 0 Å². The Bertz CT molecular complexity index is 847. The summed E-state index contributed by atoms with van der Waals surface area (Å²) in [4.78, 5) is 16.3. The number of nitrogens with one attached hydrogen (secondary N) is 2. The highest BCUT2D eigenvalue weighted by Crippen LogP contribution is 2.23. The lowest BCUT2D eigenvalue weighted by Gasteiger charge is -2.20. The molecule has 0 radical (unpaired) electrons. The summed E-state index contributed by atoms with van der Waals surface area (Å²) in [6.07, 6.45) is 3.11. The predicted octanol–water partition coefficient (Wildman–Crippen LogP) is 3.17. The molecule has 0 aliphatic carbocycles. The van der Waals surface area contributed by atoms with Gasteiger partial charge in [0, 0.05) is 28.1 Å². The van der Waals surface area contributed by atoms with E-state index in [0.29, 0.717) is 10.2 Å². The number of nitrogens with zero attached hydrogens (tertiary/aromatic N) is 1. The van der Waals surface area contributed by atoms with Crippen LogP contribution in [0.2, 0.25) is 0 Å². The van der Waals surface area contributed by atoms with Gasteiger partial charge in [0.15, 0.2) is 0 Å². The van der Waals surface area contributed by atoms with E-state index in [2.05, 4.69) is 31.0 Å². The number of anilines is 1. The summed E-state index contributed by atoms with van der Waals surface area (Å²) in [6.45, 7) is 5.25. The SMILES string of the molecule is CC(C)(C)NS(=O)(=O)c1ccc(Br)c(C(=O)Nc2ccncc2)c1. The number of pyridine rings is 1. The molecule has 1 aromatic carbocycles. The number of hydrogen-bond acceptors (Lipinski definition) is 4. The molecule has 0 fully saturated rings. The third-order valence-electron chi connectivity index (χ3n) is 2.87. The second kappa shape index (κ2) is 7.00. The van der Waals surface area contributed by atoms with Crippen LogP contribution in [-0.2, 0) is 10.0 Å². The fourth-order valence-corrected chi connectivity index (χ4v) is 3.81. The molecule has 0 saturated carbocycles. The van der Waals surface area contributed by atoms with Gasteiger partial charge in [-0.3, -0.25) is 9.78 Å². The lowest BCUT2D eigenvalue weighted by Crippen LogP contribution is -2.40. The van der Waals surface area contributed by atoms with Crippen LogP contribution in [0.1, 0.15) is 31.1 Å². The van der Waals surface area contributed by atoms with E-state index in [1.165, 1.54) is 12.1 Å². The van der Waals surface area contributed by atoms with Crippen molar-refractivity contribution in [2.24, 2.45) is 0 Å². The van der Waals surface area contributed by atoms with Crippen LogP contribution < -0.4 is 10.0 Å². The van der Waals surface area contributed by atoms with E-state index >= 15 is 0 Å². The molecule has 8 heteroatoms. The van der Waals surface area contributed by atoms with Gasteiger partial charge in [0.05, 0.1) is 10.5 Å². The van der Waals surface area contributed by atoms with Crippen LogP contribution in [0.15, 0.2) is 52.1 Å². The van der Waals surface area contributed by atoms with Gasteiger partial charge < -0.3 is 5.32 Å². The van der Waals surface area contributed by atoms with Gasteiger partial charge in [-0.2, -0.15) is 0 Å². The number of amides is 1. The maximum absolute atomic E-state index is 12.4. The highest BCUT2D eigenvalue weighted by atomic mass is 79.9. The monoisotopic (exact) mass is 411 g/mol. The minimum Gasteiger partial charge on any atom is -0.322 e. The van der Waals surface area contributed by atoms with Crippen molar-refractivity contribution >= 4 is 37.5 Å².